The van der Waals surface area contributed by atoms with Crippen LogP contribution < -0.4 is 5.32 Å². The van der Waals surface area contributed by atoms with E-state index in [2.05, 4.69) is 22.7 Å². The first-order chi connectivity index (χ1) is 6.84. The van der Waals surface area contributed by atoms with Gasteiger partial charge in [-0.15, -0.1) is 0 Å². The molecule has 0 bridgehead atoms. The lowest BCUT2D eigenvalue weighted by Gasteiger charge is -1.94. The second kappa shape index (κ2) is 4.42. The van der Waals surface area contributed by atoms with Crippen LogP contribution in [0.3, 0.4) is 0 Å². The van der Waals surface area contributed by atoms with Gasteiger partial charge in [0.05, 0.1) is 6.20 Å². The van der Waals surface area contributed by atoms with Gasteiger partial charge in [0.15, 0.2) is 0 Å². The summed E-state index contributed by atoms with van der Waals surface area (Å²) >= 11 is 0. The molecule has 0 atom stereocenters. The van der Waals surface area contributed by atoms with Crippen molar-refractivity contribution in [2.75, 3.05) is 13.1 Å². The topological polar surface area (TPSA) is 29.9 Å². The van der Waals surface area contributed by atoms with Gasteiger partial charge >= 0.3 is 0 Å². The summed E-state index contributed by atoms with van der Waals surface area (Å²) in [5, 5.41) is 7.49. The molecule has 0 saturated carbocycles. The van der Waals surface area contributed by atoms with E-state index in [1.54, 1.807) is 5.57 Å². The SMILES string of the molecule is Cn1cc(CC/C=C2/CCNC2)cn1. The van der Waals surface area contributed by atoms with Crippen LogP contribution in [0.5, 0.6) is 0 Å². The van der Waals surface area contributed by atoms with Crippen molar-refractivity contribution in [2.45, 2.75) is 19.3 Å². The van der Waals surface area contributed by atoms with E-state index in [0.29, 0.717) is 0 Å². The molecule has 76 valence electrons. The molecule has 1 aromatic heterocycles. The molecule has 3 nitrogen and oxygen atoms in total. The largest absolute Gasteiger partial charge is 0.313 e. The maximum Gasteiger partial charge on any atom is 0.0521 e. The molecule has 14 heavy (non-hydrogen) atoms. The molecule has 1 saturated heterocycles. The highest BCUT2D eigenvalue weighted by atomic mass is 15.2. The Morgan fingerprint density at radius 3 is 3.21 bits per heavy atom. The smallest absolute Gasteiger partial charge is 0.0521 e. The average Bonchev–Trinajstić information content (AvgIpc) is 2.77. The van der Waals surface area contributed by atoms with Crippen LogP contribution in [0.15, 0.2) is 24.0 Å². The standard InChI is InChI=1S/C11H17N3/c1-14-9-11(8-13-14)4-2-3-10-5-6-12-7-10/h3,8-9,12H,2,4-7H2,1H3/b10-3-. The summed E-state index contributed by atoms with van der Waals surface area (Å²) in [6, 6.07) is 0. The first-order valence-corrected chi connectivity index (χ1v) is 5.21. The highest BCUT2D eigenvalue weighted by Crippen LogP contribution is 2.09. The van der Waals surface area contributed by atoms with Gasteiger partial charge in [0.2, 0.25) is 0 Å². The molecule has 0 spiro atoms. The zero-order valence-electron chi connectivity index (χ0n) is 8.66. The van der Waals surface area contributed by atoms with Crippen LogP contribution in [0.2, 0.25) is 0 Å². The number of aromatic nitrogens is 2. The third-order valence-corrected chi connectivity index (χ3v) is 2.60. The fourth-order valence-corrected chi connectivity index (χ4v) is 1.80. The molecule has 0 radical (unpaired) electrons. The predicted octanol–water partition coefficient (Wildman–Crippen LogP) is 1.27. The Balaban J connectivity index is 1.80. The van der Waals surface area contributed by atoms with E-state index in [1.165, 1.54) is 12.0 Å². The van der Waals surface area contributed by atoms with E-state index in [1.807, 2.05) is 17.9 Å². The highest BCUT2D eigenvalue weighted by Gasteiger charge is 2.04. The summed E-state index contributed by atoms with van der Waals surface area (Å²) in [6.45, 7) is 2.24. The van der Waals surface area contributed by atoms with Crippen molar-refractivity contribution in [3.8, 4) is 0 Å². The van der Waals surface area contributed by atoms with Crippen molar-refractivity contribution >= 4 is 0 Å². The second-order valence-electron chi connectivity index (χ2n) is 3.85. The minimum absolute atomic E-state index is 1.09. The summed E-state index contributed by atoms with van der Waals surface area (Å²) in [4.78, 5) is 0. The Hall–Kier alpha value is -1.09. The fraction of sp³-hybridized carbons (Fsp3) is 0.545. The highest BCUT2D eigenvalue weighted by molar-refractivity contribution is 5.11. The minimum Gasteiger partial charge on any atom is -0.313 e. The molecule has 0 unspecified atom stereocenters. The van der Waals surface area contributed by atoms with Crippen molar-refractivity contribution in [2.24, 2.45) is 7.05 Å². The number of rotatable bonds is 3. The van der Waals surface area contributed by atoms with Gasteiger partial charge in [-0.3, -0.25) is 4.68 Å². The zero-order chi connectivity index (χ0) is 9.80. The maximum atomic E-state index is 4.15. The van der Waals surface area contributed by atoms with Crippen LogP contribution in [0.4, 0.5) is 0 Å². The van der Waals surface area contributed by atoms with Crippen molar-refractivity contribution in [1.82, 2.24) is 15.1 Å². The third kappa shape index (κ3) is 2.45. The molecular weight excluding hydrogens is 174 g/mol. The fourth-order valence-electron chi connectivity index (χ4n) is 1.80. The van der Waals surface area contributed by atoms with Gasteiger partial charge < -0.3 is 5.32 Å². The first-order valence-electron chi connectivity index (χ1n) is 5.21. The van der Waals surface area contributed by atoms with E-state index < -0.39 is 0 Å². The number of allylic oxidation sites excluding steroid dienone is 1. The van der Waals surface area contributed by atoms with Crippen LogP contribution in [0.25, 0.3) is 0 Å². The summed E-state index contributed by atoms with van der Waals surface area (Å²) in [7, 11) is 1.96. The molecule has 1 fully saturated rings. The molecule has 1 aliphatic heterocycles. The molecule has 2 heterocycles. The van der Waals surface area contributed by atoms with Crippen LogP contribution >= 0.6 is 0 Å². The number of hydrogen-bond acceptors (Lipinski definition) is 2. The van der Waals surface area contributed by atoms with Gasteiger partial charge in [-0.1, -0.05) is 11.6 Å². The molecule has 2 rings (SSSR count). The van der Waals surface area contributed by atoms with E-state index in [0.717, 1.165) is 25.9 Å². The van der Waals surface area contributed by atoms with Gasteiger partial charge in [-0.05, 0) is 31.4 Å². The van der Waals surface area contributed by atoms with Gasteiger partial charge in [0.1, 0.15) is 0 Å². The number of hydrogen-bond donors (Lipinski definition) is 1. The number of nitrogens with zero attached hydrogens (tertiary/aromatic N) is 2. The molecule has 1 N–H and O–H groups in total. The maximum absolute atomic E-state index is 4.15. The Morgan fingerprint density at radius 1 is 1.64 bits per heavy atom. The summed E-state index contributed by atoms with van der Waals surface area (Å²) < 4.78 is 1.86. The van der Waals surface area contributed by atoms with E-state index in [9.17, 15) is 0 Å². The molecule has 0 aliphatic carbocycles. The van der Waals surface area contributed by atoms with Crippen LogP contribution in [-0.4, -0.2) is 22.9 Å². The van der Waals surface area contributed by atoms with E-state index in [-0.39, 0.29) is 0 Å². The Bertz CT molecular complexity index is 317. The summed E-state index contributed by atoms with van der Waals surface area (Å²) in [5.74, 6) is 0. The second-order valence-corrected chi connectivity index (χ2v) is 3.85. The molecule has 1 aliphatic rings. The van der Waals surface area contributed by atoms with Crippen molar-refractivity contribution in [3.63, 3.8) is 0 Å². The van der Waals surface area contributed by atoms with Crippen molar-refractivity contribution in [1.29, 1.82) is 0 Å². The van der Waals surface area contributed by atoms with Gasteiger partial charge in [0, 0.05) is 19.8 Å². The van der Waals surface area contributed by atoms with Crippen molar-refractivity contribution in [3.05, 3.63) is 29.6 Å². The normalized spacial score (nSPS) is 19.4. The summed E-state index contributed by atoms with van der Waals surface area (Å²) in [5.41, 5.74) is 2.89. The first kappa shape index (κ1) is 9.46. The molecule has 0 aromatic carbocycles. The molecular formula is C11H17N3. The Morgan fingerprint density at radius 2 is 2.57 bits per heavy atom. The lowest BCUT2D eigenvalue weighted by atomic mass is 10.1. The molecule has 3 heteroatoms. The zero-order valence-corrected chi connectivity index (χ0v) is 8.66. The lowest BCUT2D eigenvalue weighted by molar-refractivity contribution is 0.766. The molecule has 0 amide bonds. The van der Waals surface area contributed by atoms with Crippen LogP contribution in [0.1, 0.15) is 18.4 Å². The predicted molar refractivity (Wildman–Crippen MR) is 57.1 cm³/mol. The number of nitrogens with one attached hydrogen (secondary N) is 1. The molecule has 1 aromatic rings. The Labute approximate surface area is 84.8 Å². The lowest BCUT2D eigenvalue weighted by Crippen LogP contribution is -2.04. The van der Waals surface area contributed by atoms with Gasteiger partial charge in [-0.2, -0.15) is 5.10 Å². The Kier molecular flexibility index (Phi) is 2.99. The third-order valence-electron chi connectivity index (χ3n) is 2.60. The average molecular weight is 191 g/mol. The van der Waals surface area contributed by atoms with Gasteiger partial charge in [-0.25, -0.2) is 0 Å². The van der Waals surface area contributed by atoms with Crippen molar-refractivity contribution < 1.29 is 0 Å². The van der Waals surface area contributed by atoms with Crippen LogP contribution in [0, 0.1) is 0 Å². The van der Waals surface area contributed by atoms with E-state index >= 15 is 0 Å². The monoisotopic (exact) mass is 191 g/mol. The number of aryl methyl sites for hydroxylation is 2. The quantitative estimate of drug-likeness (QED) is 0.729. The van der Waals surface area contributed by atoms with E-state index in [4.69, 9.17) is 0 Å². The van der Waals surface area contributed by atoms with Crippen LogP contribution in [-0.2, 0) is 13.5 Å². The van der Waals surface area contributed by atoms with Gasteiger partial charge in [0.25, 0.3) is 0 Å². The summed E-state index contributed by atoms with van der Waals surface area (Å²) in [6.07, 6.45) is 9.89. The minimum atomic E-state index is 1.09.